The zero-order valence-electron chi connectivity index (χ0n) is 20.4. The fraction of sp³-hybridized carbons (Fsp3) is 0.261. The number of hydrogen-bond acceptors (Lipinski definition) is 8. The highest BCUT2D eigenvalue weighted by molar-refractivity contribution is 14.1. The Morgan fingerprint density at radius 2 is 1.97 bits per heavy atom. The van der Waals surface area contributed by atoms with Gasteiger partial charge in [-0.3, -0.25) is 14.5 Å². The minimum absolute atomic E-state index is 0.0187. The number of guanidine groups is 1. The van der Waals surface area contributed by atoms with Crippen LogP contribution in [0.2, 0.25) is 0 Å². The Hall–Kier alpha value is -3.44. The van der Waals surface area contributed by atoms with Crippen LogP contribution >= 0.6 is 34.5 Å². The molecule has 3 aliphatic rings. The van der Waals surface area contributed by atoms with E-state index in [0.29, 0.717) is 17.1 Å². The highest BCUT2D eigenvalue weighted by Gasteiger charge is 2.51. The molecule has 3 heterocycles. The number of aliphatic imine (C=N–C) groups is 1. The second kappa shape index (κ2) is 10.6. The molecule has 0 radical (unpaired) electrons. The number of epoxide rings is 1. The highest BCUT2D eigenvalue weighted by Crippen LogP contribution is 2.33. The number of carbonyl (C=O) groups excluding carboxylic acids is 1. The first kappa shape index (κ1) is 27.1. The normalized spacial score (nSPS) is 21.8. The van der Waals surface area contributed by atoms with Crippen LogP contribution in [-0.2, 0) is 24.9 Å². The van der Waals surface area contributed by atoms with Gasteiger partial charge in [0.1, 0.15) is 6.33 Å². The summed E-state index contributed by atoms with van der Waals surface area (Å²) in [4.78, 5) is 25.0. The Morgan fingerprint density at radius 3 is 2.62 bits per heavy atom. The van der Waals surface area contributed by atoms with E-state index in [0.717, 1.165) is 17.0 Å². The number of urea groups is 1. The van der Waals surface area contributed by atoms with Gasteiger partial charge in [0.05, 0.1) is 52.4 Å². The summed E-state index contributed by atoms with van der Waals surface area (Å²) >= 11 is 8.45. The van der Waals surface area contributed by atoms with Crippen molar-refractivity contribution in [2.45, 2.75) is 25.5 Å². The maximum atomic E-state index is 14.0. The topological polar surface area (TPSA) is 118 Å². The van der Waals surface area contributed by atoms with Crippen molar-refractivity contribution in [3.8, 4) is 0 Å². The number of nitrogens with one attached hydrogen (secondary N) is 2. The van der Waals surface area contributed by atoms with E-state index in [9.17, 15) is 18.0 Å². The average molecular weight is 674 g/mol. The third kappa shape index (κ3) is 5.79. The van der Waals surface area contributed by atoms with Crippen LogP contribution in [0.25, 0.3) is 0 Å². The highest BCUT2D eigenvalue weighted by atomic mass is 127. The van der Waals surface area contributed by atoms with Crippen molar-refractivity contribution in [1.82, 2.24) is 33.0 Å². The predicted molar refractivity (Wildman–Crippen MR) is 143 cm³/mol. The minimum Gasteiger partial charge on any atom is -0.324 e. The van der Waals surface area contributed by atoms with E-state index in [2.05, 4.69) is 20.4 Å². The largest absolute Gasteiger partial charge is 0.329 e. The van der Waals surface area contributed by atoms with Gasteiger partial charge in [-0.2, -0.15) is 5.10 Å². The van der Waals surface area contributed by atoms with E-state index < -0.39 is 35.9 Å². The van der Waals surface area contributed by atoms with Crippen molar-refractivity contribution in [3.63, 3.8) is 0 Å². The molecule has 204 valence electrons. The van der Waals surface area contributed by atoms with Gasteiger partial charge in [-0.1, -0.05) is 11.6 Å². The molecule has 2 aliphatic heterocycles. The van der Waals surface area contributed by atoms with Crippen LogP contribution < -0.4 is 5.32 Å². The first-order chi connectivity index (χ1) is 18.5. The van der Waals surface area contributed by atoms with Crippen LogP contribution in [0.15, 0.2) is 58.1 Å². The molecule has 0 saturated carbocycles. The maximum Gasteiger partial charge on any atom is 0.329 e. The number of allylic oxidation sites excluding steroid dienone is 4. The van der Waals surface area contributed by atoms with Crippen LogP contribution in [0.3, 0.4) is 0 Å². The Morgan fingerprint density at radius 1 is 1.26 bits per heavy atom. The van der Waals surface area contributed by atoms with Crippen molar-refractivity contribution in [3.05, 3.63) is 82.0 Å². The molecule has 1 aromatic carbocycles. The van der Waals surface area contributed by atoms with Crippen molar-refractivity contribution >= 4 is 52.2 Å². The SMILES string of the molecule is CN(I)/C=C1/C=C(NC2=NC3OC3N(Cc3ncn(C)n3)C(=O)N2Cc2cc(F)c(F)c(F)c2)C(Cl)=CC1=N. The zero-order valence-corrected chi connectivity index (χ0v) is 23.3. The summed E-state index contributed by atoms with van der Waals surface area (Å²) in [6.07, 6.45) is 4.75. The first-order valence-electron chi connectivity index (χ1n) is 11.3. The van der Waals surface area contributed by atoms with Gasteiger partial charge in [-0.25, -0.2) is 27.9 Å². The number of rotatable bonds is 6. The Kier molecular flexibility index (Phi) is 7.39. The third-order valence-electron chi connectivity index (χ3n) is 5.78. The van der Waals surface area contributed by atoms with Crippen molar-refractivity contribution < 1.29 is 22.7 Å². The van der Waals surface area contributed by atoms with Crippen LogP contribution in [0.4, 0.5) is 18.0 Å². The van der Waals surface area contributed by atoms with Crippen molar-refractivity contribution in [2.75, 3.05) is 7.05 Å². The molecule has 1 aliphatic carbocycles. The van der Waals surface area contributed by atoms with Crippen LogP contribution in [0, 0.1) is 22.9 Å². The molecular weight excluding hydrogens is 654 g/mol. The van der Waals surface area contributed by atoms with E-state index >= 15 is 0 Å². The lowest BCUT2D eigenvalue weighted by molar-refractivity contribution is 0.137. The lowest BCUT2D eigenvalue weighted by atomic mass is 10.0. The minimum atomic E-state index is -1.61. The molecular formula is C23H20ClF3IN9O2. The molecule has 2 atom stereocenters. The first-order valence-corrected chi connectivity index (χ1v) is 12.7. The van der Waals surface area contributed by atoms with Crippen molar-refractivity contribution in [1.29, 1.82) is 5.41 Å². The molecule has 2 unspecified atom stereocenters. The summed E-state index contributed by atoms with van der Waals surface area (Å²) in [7, 11) is 3.47. The van der Waals surface area contributed by atoms with E-state index in [1.54, 1.807) is 29.5 Å². The Balaban J connectivity index is 1.51. The molecule has 0 spiro atoms. The Bertz CT molecular complexity index is 1470. The molecule has 1 aromatic heterocycles. The molecule has 0 bridgehead atoms. The number of benzene rings is 1. The van der Waals surface area contributed by atoms with E-state index in [4.69, 9.17) is 21.7 Å². The number of ether oxygens (including phenoxy) is 1. The molecule has 1 saturated heterocycles. The van der Waals surface area contributed by atoms with Gasteiger partial charge in [-0.15, -0.1) is 0 Å². The second-order valence-electron chi connectivity index (χ2n) is 8.77. The second-order valence-corrected chi connectivity index (χ2v) is 10.7. The molecule has 11 nitrogen and oxygen atoms in total. The van der Waals surface area contributed by atoms with Crippen LogP contribution in [0.1, 0.15) is 11.4 Å². The lowest BCUT2D eigenvalue weighted by Crippen LogP contribution is -2.50. The van der Waals surface area contributed by atoms with Crippen LogP contribution in [0.5, 0.6) is 0 Å². The van der Waals surface area contributed by atoms with E-state index in [1.807, 2.05) is 22.9 Å². The smallest absolute Gasteiger partial charge is 0.324 e. The quantitative estimate of drug-likeness (QED) is 0.210. The number of aromatic nitrogens is 3. The van der Waals surface area contributed by atoms with Gasteiger partial charge in [0.25, 0.3) is 0 Å². The van der Waals surface area contributed by atoms with Gasteiger partial charge in [0, 0.05) is 25.9 Å². The monoisotopic (exact) mass is 673 g/mol. The van der Waals surface area contributed by atoms with Gasteiger partial charge in [-0.05, 0) is 29.8 Å². The summed E-state index contributed by atoms with van der Waals surface area (Å²) in [6.45, 7) is -0.393. The maximum absolute atomic E-state index is 14.0. The number of halogens is 5. The lowest BCUT2D eigenvalue weighted by Gasteiger charge is -2.29. The van der Waals surface area contributed by atoms with Crippen molar-refractivity contribution in [2.24, 2.45) is 12.0 Å². The molecule has 2 amide bonds. The molecule has 2 aromatic rings. The Labute approximate surface area is 239 Å². The third-order valence-corrected chi connectivity index (χ3v) is 6.37. The van der Waals surface area contributed by atoms with Gasteiger partial charge >= 0.3 is 6.03 Å². The molecule has 16 heteroatoms. The van der Waals surface area contributed by atoms with Crippen LogP contribution in [-0.4, -0.2) is 64.9 Å². The predicted octanol–water partition coefficient (Wildman–Crippen LogP) is 3.50. The number of aryl methyl sites for hydroxylation is 1. The fourth-order valence-electron chi connectivity index (χ4n) is 3.96. The summed E-state index contributed by atoms with van der Waals surface area (Å²) in [5.41, 5.74) is 0.996. The molecule has 39 heavy (non-hydrogen) atoms. The summed E-state index contributed by atoms with van der Waals surface area (Å²) in [6, 6.07) is 0.985. The summed E-state index contributed by atoms with van der Waals surface area (Å²) < 4.78 is 50.5. The average Bonchev–Trinajstić information content (AvgIpc) is 3.51. The number of carbonyl (C=O) groups is 1. The van der Waals surface area contributed by atoms with E-state index in [1.165, 1.54) is 22.0 Å². The number of fused-ring (bicyclic) bond motifs is 1. The zero-order chi connectivity index (χ0) is 28.0. The van der Waals surface area contributed by atoms with Gasteiger partial charge < -0.3 is 18.6 Å². The number of nitrogens with zero attached hydrogens (tertiary/aromatic N) is 7. The van der Waals surface area contributed by atoms with Gasteiger partial charge in [0.15, 0.2) is 35.7 Å². The fourth-order valence-corrected chi connectivity index (χ4v) is 4.47. The number of amides is 2. The molecule has 2 N–H and O–H groups in total. The van der Waals surface area contributed by atoms with E-state index in [-0.39, 0.29) is 35.4 Å². The summed E-state index contributed by atoms with van der Waals surface area (Å²) in [5, 5.41) is 15.6. The standard InChI is InChI=1S/C23H20ClF3IN9O2/c1-34(28)8-12-5-17(13(24)6-16(12)29)31-22-32-20-21(39-20)36(9-18-30-10-35(2)33-18)23(38)37(22)7-11-3-14(25)19(27)15(26)4-11/h3-6,8,10,20-21,29H,7,9H2,1-2H3,(H,31,32)/b12-8-,29-16?. The van der Waals surface area contributed by atoms with Gasteiger partial charge in [0.2, 0.25) is 5.96 Å². The molecule has 5 rings (SSSR count). The number of hydrogen-bond donors (Lipinski definition) is 2. The molecule has 1 fully saturated rings. The summed E-state index contributed by atoms with van der Waals surface area (Å²) in [5.74, 6) is -4.08.